The Morgan fingerprint density at radius 3 is 2.64 bits per heavy atom. The van der Waals surface area contributed by atoms with Crippen LogP contribution in [-0.4, -0.2) is 56.7 Å². The number of carbonyl (C=O) groups is 1. The molecule has 134 valence electrons. The van der Waals surface area contributed by atoms with E-state index in [-0.39, 0.29) is 12.5 Å². The molecular weight excluding hydrogens is 337 g/mol. The van der Waals surface area contributed by atoms with E-state index in [1.165, 1.54) is 23.4 Å². The third-order valence-electron chi connectivity index (χ3n) is 4.01. The summed E-state index contributed by atoms with van der Waals surface area (Å²) < 4.78 is 39.3. The number of alkyl halides is 3. The topological polar surface area (TPSA) is 67.2 Å². The number of hydrogen-bond acceptors (Lipinski definition) is 5. The van der Waals surface area contributed by atoms with E-state index < -0.39 is 11.7 Å². The van der Waals surface area contributed by atoms with Gasteiger partial charge in [0.05, 0.1) is 5.56 Å². The van der Waals surface area contributed by atoms with Gasteiger partial charge in [-0.15, -0.1) is 0 Å². The number of anilines is 1. The first-order valence-electron chi connectivity index (χ1n) is 7.82. The van der Waals surface area contributed by atoms with E-state index in [0.29, 0.717) is 38.4 Å². The van der Waals surface area contributed by atoms with Gasteiger partial charge in [0.1, 0.15) is 25.0 Å². The van der Waals surface area contributed by atoms with Gasteiger partial charge in [-0.25, -0.2) is 14.6 Å². The molecule has 1 amide bonds. The van der Waals surface area contributed by atoms with Crippen LogP contribution in [0.1, 0.15) is 12.0 Å². The van der Waals surface area contributed by atoms with Gasteiger partial charge in [0, 0.05) is 32.4 Å². The van der Waals surface area contributed by atoms with Crippen molar-refractivity contribution in [3.05, 3.63) is 36.5 Å². The summed E-state index contributed by atoms with van der Waals surface area (Å²) in [6.07, 6.45) is 0.0103. The largest absolute Gasteiger partial charge is 0.417 e. The summed E-state index contributed by atoms with van der Waals surface area (Å²) in [6.45, 7) is 2.34. The van der Waals surface area contributed by atoms with Gasteiger partial charge in [0.2, 0.25) is 5.91 Å². The molecule has 0 radical (unpaired) electrons. The molecule has 0 saturated carbocycles. The van der Waals surface area contributed by atoms with E-state index >= 15 is 0 Å². The zero-order valence-electron chi connectivity index (χ0n) is 13.4. The van der Waals surface area contributed by atoms with Gasteiger partial charge in [-0.3, -0.25) is 4.79 Å². The van der Waals surface area contributed by atoms with E-state index in [4.69, 9.17) is 0 Å². The van der Waals surface area contributed by atoms with Crippen LogP contribution < -0.4 is 4.90 Å². The number of carbonyl (C=O) groups excluding carboxylic acids is 1. The van der Waals surface area contributed by atoms with Crippen LogP contribution in [0.2, 0.25) is 0 Å². The van der Waals surface area contributed by atoms with Crippen LogP contribution in [0.15, 0.2) is 31.0 Å². The van der Waals surface area contributed by atoms with E-state index in [2.05, 4.69) is 15.1 Å². The highest BCUT2D eigenvalue weighted by molar-refractivity contribution is 5.76. The first-order chi connectivity index (χ1) is 11.9. The predicted octanol–water partition coefficient (Wildman–Crippen LogP) is 1.43. The first kappa shape index (κ1) is 17.2. The lowest BCUT2D eigenvalue weighted by atomic mass is 10.2. The standard InChI is InChI=1S/C15H17F3N6O/c16-15(17,18)12-2-3-13(20-8-12)22-4-1-5-23(7-6-22)14(25)9-24-11-19-10-21-24/h2-3,8,10-11H,1,4-7,9H2. The smallest absolute Gasteiger partial charge is 0.355 e. The zero-order chi connectivity index (χ0) is 17.9. The van der Waals surface area contributed by atoms with E-state index in [1.54, 1.807) is 4.90 Å². The van der Waals surface area contributed by atoms with Crippen molar-refractivity contribution >= 4 is 11.7 Å². The molecule has 0 spiro atoms. The molecule has 1 aliphatic heterocycles. The molecule has 0 N–H and O–H groups in total. The lowest BCUT2D eigenvalue weighted by Crippen LogP contribution is -2.37. The fourth-order valence-corrected chi connectivity index (χ4v) is 2.69. The van der Waals surface area contributed by atoms with Gasteiger partial charge >= 0.3 is 6.18 Å². The highest BCUT2D eigenvalue weighted by Gasteiger charge is 2.31. The Morgan fingerprint density at radius 1 is 1.16 bits per heavy atom. The molecule has 1 fully saturated rings. The summed E-state index contributed by atoms with van der Waals surface area (Å²) in [4.78, 5) is 23.6. The van der Waals surface area contributed by atoms with Gasteiger partial charge in [0.15, 0.2) is 0 Å². The average Bonchev–Trinajstić information content (AvgIpc) is 2.95. The minimum absolute atomic E-state index is 0.0623. The maximum atomic E-state index is 12.6. The van der Waals surface area contributed by atoms with Crippen LogP contribution in [0.3, 0.4) is 0 Å². The Morgan fingerprint density at radius 2 is 2.00 bits per heavy atom. The summed E-state index contributed by atoms with van der Waals surface area (Å²) in [5.74, 6) is 0.423. The number of amides is 1. The van der Waals surface area contributed by atoms with Crippen molar-refractivity contribution in [3.63, 3.8) is 0 Å². The molecule has 0 aliphatic carbocycles. The van der Waals surface area contributed by atoms with Crippen LogP contribution in [0.4, 0.5) is 19.0 Å². The van der Waals surface area contributed by atoms with E-state index in [0.717, 1.165) is 12.3 Å². The molecule has 25 heavy (non-hydrogen) atoms. The van der Waals surface area contributed by atoms with Crippen molar-refractivity contribution in [2.24, 2.45) is 0 Å². The van der Waals surface area contributed by atoms with Gasteiger partial charge in [-0.1, -0.05) is 0 Å². The highest BCUT2D eigenvalue weighted by Crippen LogP contribution is 2.29. The second-order valence-electron chi connectivity index (χ2n) is 5.72. The van der Waals surface area contributed by atoms with Gasteiger partial charge in [-0.2, -0.15) is 18.3 Å². The number of halogens is 3. The number of pyridine rings is 1. The molecule has 2 aromatic rings. The normalized spacial score (nSPS) is 16.0. The van der Waals surface area contributed by atoms with E-state index in [9.17, 15) is 18.0 Å². The van der Waals surface area contributed by atoms with Crippen molar-refractivity contribution in [2.75, 3.05) is 31.1 Å². The molecule has 2 aromatic heterocycles. The summed E-state index contributed by atoms with van der Waals surface area (Å²) in [5, 5.41) is 3.91. The Balaban J connectivity index is 1.60. The molecule has 0 atom stereocenters. The van der Waals surface area contributed by atoms with Crippen LogP contribution in [0.25, 0.3) is 0 Å². The molecule has 3 rings (SSSR count). The Hall–Kier alpha value is -2.65. The van der Waals surface area contributed by atoms with Gasteiger partial charge in [0.25, 0.3) is 0 Å². The maximum Gasteiger partial charge on any atom is 0.417 e. The second-order valence-corrected chi connectivity index (χ2v) is 5.72. The highest BCUT2D eigenvalue weighted by atomic mass is 19.4. The average molecular weight is 354 g/mol. The second kappa shape index (κ2) is 7.08. The summed E-state index contributed by atoms with van der Waals surface area (Å²) in [6, 6.07) is 2.40. The fraction of sp³-hybridized carbons (Fsp3) is 0.467. The number of hydrogen-bond donors (Lipinski definition) is 0. The lowest BCUT2D eigenvalue weighted by molar-refractivity contribution is -0.137. The summed E-state index contributed by atoms with van der Waals surface area (Å²) in [7, 11) is 0. The Bertz CT molecular complexity index is 701. The van der Waals surface area contributed by atoms with Crippen molar-refractivity contribution in [3.8, 4) is 0 Å². The molecular formula is C15H17F3N6O. The van der Waals surface area contributed by atoms with Gasteiger partial charge < -0.3 is 9.80 Å². The van der Waals surface area contributed by atoms with Crippen LogP contribution in [0.5, 0.6) is 0 Å². The summed E-state index contributed by atoms with van der Waals surface area (Å²) >= 11 is 0. The summed E-state index contributed by atoms with van der Waals surface area (Å²) in [5.41, 5.74) is -0.768. The predicted molar refractivity (Wildman–Crippen MR) is 82.7 cm³/mol. The van der Waals surface area contributed by atoms with Crippen molar-refractivity contribution in [1.82, 2.24) is 24.6 Å². The fourth-order valence-electron chi connectivity index (χ4n) is 2.69. The van der Waals surface area contributed by atoms with Gasteiger partial charge in [-0.05, 0) is 18.6 Å². The minimum Gasteiger partial charge on any atom is -0.355 e. The molecule has 1 saturated heterocycles. The SMILES string of the molecule is O=C(Cn1cncn1)N1CCCN(c2ccc(C(F)(F)F)cn2)CC1. The number of aromatic nitrogens is 4. The molecule has 0 bridgehead atoms. The minimum atomic E-state index is -4.39. The Labute approximate surface area is 142 Å². The monoisotopic (exact) mass is 354 g/mol. The van der Waals surface area contributed by atoms with Crippen molar-refractivity contribution in [1.29, 1.82) is 0 Å². The first-order valence-corrected chi connectivity index (χ1v) is 7.82. The maximum absolute atomic E-state index is 12.6. The van der Waals surface area contributed by atoms with Crippen LogP contribution in [0, 0.1) is 0 Å². The number of nitrogens with zero attached hydrogens (tertiary/aromatic N) is 6. The molecule has 0 aromatic carbocycles. The lowest BCUT2D eigenvalue weighted by Gasteiger charge is -2.23. The third kappa shape index (κ3) is 4.25. The zero-order valence-corrected chi connectivity index (χ0v) is 13.4. The van der Waals surface area contributed by atoms with Crippen LogP contribution >= 0.6 is 0 Å². The molecule has 10 heteroatoms. The molecule has 3 heterocycles. The van der Waals surface area contributed by atoms with Crippen LogP contribution in [-0.2, 0) is 17.5 Å². The quantitative estimate of drug-likeness (QED) is 0.834. The molecule has 0 unspecified atom stereocenters. The van der Waals surface area contributed by atoms with Crippen molar-refractivity contribution in [2.45, 2.75) is 19.1 Å². The molecule has 7 nitrogen and oxygen atoms in total. The third-order valence-corrected chi connectivity index (χ3v) is 4.01. The Kier molecular flexibility index (Phi) is 4.86. The van der Waals surface area contributed by atoms with E-state index in [1.807, 2.05) is 4.90 Å². The molecule has 1 aliphatic rings. The number of rotatable bonds is 3. The van der Waals surface area contributed by atoms with Crippen molar-refractivity contribution < 1.29 is 18.0 Å².